The molecule has 1 aromatic rings. The van der Waals surface area contributed by atoms with Crippen molar-refractivity contribution in [1.82, 2.24) is 4.90 Å². The number of benzene rings is 1. The van der Waals surface area contributed by atoms with Gasteiger partial charge >= 0.3 is 0 Å². The lowest BCUT2D eigenvalue weighted by Gasteiger charge is -2.29. The first-order chi connectivity index (χ1) is 8.50. The Bertz CT molecular complexity index is 481. The second-order valence-electron chi connectivity index (χ2n) is 4.20. The average Bonchev–Trinajstić information content (AvgIpc) is 2.34. The van der Waals surface area contributed by atoms with E-state index in [1.807, 2.05) is 11.9 Å². The second kappa shape index (κ2) is 5.42. The predicted octanol–water partition coefficient (Wildman–Crippen LogP) is 2.24. The molecule has 1 unspecified atom stereocenters. The van der Waals surface area contributed by atoms with Crippen LogP contribution in [0.2, 0.25) is 0 Å². The zero-order chi connectivity index (χ0) is 13.3. The number of likely N-dealkylation sites (N-methyl/N-ethyl adjacent to an activating group) is 1. The van der Waals surface area contributed by atoms with E-state index in [2.05, 4.69) is 15.9 Å². The second-order valence-corrected chi connectivity index (χ2v) is 5.06. The summed E-state index contributed by atoms with van der Waals surface area (Å²) in [6.07, 6.45) is -0.818. The summed E-state index contributed by atoms with van der Waals surface area (Å²) in [5.41, 5.74) is -0.537. The molecule has 0 radical (unpaired) electrons. The molecule has 1 fully saturated rings. The highest BCUT2D eigenvalue weighted by Crippen LogP contribution is 2.24. The molecule has 3 nitrogen and oxygen atoms in total. The SMILES string of the molecule is CN1CCOC(C(=O)c2c(F)ccc(Br)c2F)C1. The van der Waals surface area contributed by atoms with Gasteiger partial charge in [0.15, 0.2) is 11.6 Å². The van der Waals surface area contributed by atoms with Gasteiger partial charge in [0, 0.05) is 13.1 Å². The van der Waals surface area contributed by atoms with Crippen LogP contribution in [0.1, 0.15) is 10.4 Å². The van der Waals surface area contributed by atoms with Crippen LogP contribution in [0.25, 0.3) is 0 Å². The molecule has 1 aliphatic rings. The van der Waals surface area contributed by atoms with Gasteiger partial charge in [0.1, 0.15) is 11.9 Å². The molecular formula is C12H12BrF2NO2. The molecule has 0 saturated carbocycles. The fourth-order valence-corrected chi connectivity index (χ4v) is 2.18. The Hall–Kier alpha value is -0.850. The van der Waals surface area contributed by atoms with E-state index in [9.17, 15) is 13.6 Å². The van der Waals surface area contributed by atoms with Crippen molar-refractivity contribution < 1.29 is 18.3 Å². The smallest absolute Gasteiger partial charge is 0.198 e. The molecule has 2 rings (SSSR count). The number of rotatable bonds is 2. The maximum absolute atomic E-state index is 13.8. The molecule has 98 valence electrons. The van der Waals surface area contributed by atoms with E-state index >= 15 is 0 Å². The van der Waals surface area contributed by atoms with Crippen LogP contribution in [0.15, 0.2) is 16.6 Å². The number of Topliss-reactive ketones (excluding diaryl/α,β-unsaturated/α-hetero) is 1. The third-order valence-corrected chi connectivity index (χ3v) is 3.46. The number of morpholine rings is 1. The third kappa shape index (κ3) is 2.60. The molecule has 1 atom stereocenters. The van der Waals surface area contributed by atoms with Crippen molar-refractivity contribution in [3.8, 4) is 0 Å². The Morgan fingerprint density at radius 2 is 2.22 bits per heavy atom. The molecule has 1 aliphatic heterocycles. The lowest BCUT2D eigenvalue weighted by Crippen LogP contribution is -2.44. The number of nitrogens with zero attached hydrogens (tertiary/aromatic N) is 1. The summed E-state index contributed by atoms with van der Waals surface area (Å²) in [5.74, 6) is -2.40. The van der Waals surface area contributed by atoms with E-state index in [1.165, 1.54) is 6.07 Å². The minimum atomic E-state index is -0.878. The van der Waals surface area contributed by atoms with Crippen LogP contribution >= 0.6 is 15.9 Å². The monoisotopic (exact) mass is 319 g/mol. The Labute approximate surface area is 112 Å². The van der Waals surface area contributed by atoms with Crippen LogP contribution in [0, 0.1) is 11.6 Å². The zero-order valence-electron chi connectivity index (χ0n) is 9.75. The molecule has 0 amide bonds. The van der Waals surface area contributed by atoms with Gasteiger partial charge in [-0.25, -0.2) is 8.78 Å². The zero-order valence-corrected chi connectivity index (χ0v) is 11.3. The van der Waals surface area contributed by atoms with E-state index < -0.39 is 29.1 Å². The van der Waals surface area contributed by atoms with Gasteiger partial charge < -0.3 is 9.64 Å². The summed E-state index contributed by atoms with van der Waals surface area (Å²) in [5, 5.41) is 0. The first-order valence-electron chi connectivity index (χ1n) is 5.48. The number of carbonyl (C=O) groups excluding carboxylic acids is 1. The number of hydrogen-bond acceptors (Lipinski definition) is 3. The molecule has 18 heavy (non-hydrogen) atoms. The predicted molar refractivity (Wildman–Crippen MR) is 65.6 cm³/mol. The maximum Gasteiger partial charge on any atom is 0.198 e. The van der Waals surface area contributed by atoms with E-state index in [-0.39, 0.29) is 4.47 Å². The van der Waals surface area contributed by atoms with E-state index in [0.29, 0.717) is 19.7 Å². The highest BCUT2D eigenvalue weighted by atomic mass is 79.9. The van der Waals surface area contributed by atoms with Crippen LogP contribution in [-0.2, 0) is 4.74 Å². The average molecular weight is 320 g/mol. The number of ketones is 1. The minimum absolute atomic E-state index is 0.0661. The lowest BCUT2D eigenvalue weighted by molar-refractivity contribution is -0.00906. The molecule has 6 heteroatoms. The lowest BCUT2D eigenvalue weighted by atomic mass is 10.0. The maximum atomic E-state index is 13.8. The van der Waals surface area contributed by atoms with Crippen LogP contribution in [0.4, 0.5) is 8.78 Å². The van der Waals surface area contributed by atoms with Gasteiger partial charge in [0.25, 0.3) is 0 Å². The molecule has 0 bridgehead atoms. The van der Waals surface area contributed by atoms with Crippen molar-refractivity contribution in [1.29, 1.82) is 0 Å². The number of carbonyl (C=O) groups is 1. The first kappa shape index (κ1) is 13.6. The van der Waals surface area contributed by atoms with E-state index in [0.717, 1.165) is 6.07 Å². The molecule has 0 aromatic heterocycles. The van der Waals surface area contributed by atoms with Crippen molar-refractivity contribution in [3.63, 3.8) is 0 Å². The Morgan fingerprint density at radius 1 is 1.50 bits per heavy atom. The van der Waals surface area contributed by atoms with E-state index in [4.69, 9.17) is 4.74 Å². The summed E-state index contributed by atoms with van der Waals surface area (Å²) in [4.78, 5) is 14.0. The van der Waals surface area contributed by atoms with Crippen molar-refractivity contribution in [2.45, 2.75) is 6.10 Å². The minimum Gasteiger partial charge on any atom is -0.367 e. The molecule has 0 spiro atoms. The molecule has 1 saturated heterocycles. The van der Waals surface area contributed by atoms with Crippen molar-refractivity contribution in [3.05, 3.63) is 33.8 Å². The topological polar surface area (TPSA) is 29.5 Å². The quantitative estimate of drug-likeness (QED) is 0.618. The fourth-order valence-electron chi connectivity index (χ4n) is 1.85. The van der Waals surface area contributed by atoms with Gasteiger partial charge in [-0.05, 0) is 35.1 Å². The van der Waals surface area contributed by atoms with Crippen LogP contribution < -0.4 is 0 Å². The van der Waals surface area contributed by atoms with Gasteiger partial charge in [0.2, 0.25) is 0 Å². The summed E-state index contributed by atoms with van der Waals surface area (Å²) >= 11 is 2.94. The van der Waals surface area contributed by atoms with Crippen LogP contribution in [0.3, 0.4) is 0 Å². The normalized spacial score (nSPS) is 21.0. The number of hydrogen-bond donors (Lipinski definition) is 0. The fraction of sp³-hybridized carbons (Fsp3) is 0.417. The Morgan fingerprint density at radius 3 is 2.89 bits per heavy atom. The molecular weight excluding hydrogens is 308 g/mol. The van der Waals surface area contributed by atoms with Crippen molar-refractivity contribution in [2.75, 3.05) is 26.7 Å². The molecule has 0 aliphatic carbocycles. The summed E-state index contributed by atoms with van der Waals surface area (Å²) < 4.78 is 32.7. The summed E-state index contributed by atoms with van der Waals surface area (Å²) in [6.45, 7) is 1.42. The van der Waals surface area contributed by atoms with Crippen LogP contribution in [0.5, 0.6) is 0 Å². The van der Waals surface area contributed by atoms with Crippen molar-refractivity contribution >= 4 is 21.7 Å². The van der Waals surface area contributed by atoms with Gasteiger partial charge in [-0.2, -0.15) is 0 Å². The van der Waals surface area contributed by atoms with Crippen molar-refractivity contribution in [2.24, 2.45) is 0 Å². The molecule has 1 aromatic carbocycles. The Kier molecular flexibility index (Phi) is 4.09. The Balaban J connectivity index is 2.31. The highest BCUT2D eigenvalue weighted by Gasteiger charge is 2.30. The van der Waals surface area contributed by atoms with Gasteiger partial charge in [0.05, 0.1) is 16.6 Å². The highest BCUT2D eigenvalue weighted by molar-refractivity contribution is 9.10. The van der Waals surface area contributed by atoms with Gasteiger partial charge in [-0.15, -0.1) is 0 Å². The van der Waals surface area contributed by atoms with Gasteiger partial charge in [-0.1, -0.05) is 0 Å². The third-order valence-electron chi connectivity index (χ3n) is 2.85. The standard InChI is InChI=1S/C12H12BrF2NO2/c1-16-4-5-18-9(6-16)12(17)10-8(14)3-2-7(13)11(10)15/h2-3,9H,4-6H2,1H3. The largest absolute Gasteiger partial charge is 0.367 e. The number of ether oxygens (including phenoxy) is 1. The number of halogens is 3. The molecule has 0 N–H and O–H groups in total. The first-order valence-corrected chi connectivity index (χ1v) is 6.28. The van der Waals surface area contributed by atoms with Crippen LogP contribution in [-0.4, -0.2) is 43.5 Å². The summed E-state index contributed by atoms with van der Waals surface area (Å²) in [7, 11) is 1.83. The molecule has 1 heterocycles. The van der Waals surface area contributed by atoms with E-state index in [1.54, 1.807) is 0 Å². The summed E-state index contributed by atoms with van der Waals surface area (Å²) in [6, 6.07) is 2.29. The van der Waals surface area contributed by atoms with Gasteiger partial charge in [-0.3, -0.25) is 4.79 Å².